The van der Waals surface area contributed by atoms with E-state index in [0.717, 1.165) is 27.8 Å². The molecule has 0 radical (unpaired) electrons. The molecule has 0 aliphatic rings. The Labute approximate surface area is 167 Å². The monoisotopic (exact) mass is 457 g/mol. The summed E-state index contributed by atoms with van der Waals surface area (Å²) in [7, 11) is 0. The quantitative estimate of drug-likeness (QED) is 0.373. The summed E-state index contributed by atoms with van der Waals surface area (Å²) in [6.45, 7) is 0.642. The second-order valence-electron chi connectivity index (χ2n) is 5.90. The average molecular weight is 457 g/mol. The van der Waals surface area contributed by atoms with Crippen LogP contribution < -0.4 is 10.1 Å². The minimum atomic E-state index is -0.115. The topological polar surface area (TPSA) is 38.3 Å². The van der Waals surface area contributed by atoms with Gasteiger partial charge in [0.2, 0.25) is 0 Å². The van der Waals surface area contributed by atoms with E-state index in [4.69, 9.17) is 4.74 Å². The van der Waals surface area contributed by atoms with Crippen LogP contribution in [0.3, 0.4) is 0 Å². The molecule has 1 N–H and O–H groups in total. The van der Waals surface area contributed by atoms with Crippen LogP contribution >= 0.6 is 22.6 Å². The largest absolute Gasteiger partial charge is 0.494 e. The van der Waals surface area contributed by atoms with Gasteiger partial charge in [-0.05, 0) is 65.3 Å². The van der Waals surface area contributed by atoms with Crippen LogP contribution in [0.15, 0.2) is 78.9 Å². The van der Waals surface area contributed by atoms with Gasteiger partial charge >= 0.3 is 0 Å². The molecule has 0 atom stereocenters. The van der Waals surface area contributed by atoms with Gasteiger partial charge in [0.05, 0.1) is 12.2 Å². The van der Waals surface area contributed by atoms with Crippen molar-refractivity contribution in [1.82, 2.24) is 0 Å². The predicted molar refractivity (Wildman–Crippen MR) is 114 cm³/mol. The van der Waals surface area contributed by atoms with Crippen LogP contribution in [0, 0.1) is 3.57 Å². The van der Waals surface area contributed by atoms with E-state index in [0.29, 0.717) is 12.2 Å². The Morgan fingerprint density at radius 1 is 0.923 bits per heavy atom. The van der Waals surface area contributed by atoms with Crippen LogP contribution in [0.5, 0.6) is 5.75 Å². The van der Waals surface area contributed by atoms with Crippen LogP contribution in [0.25, 0.3) is 0 Å². The maximum Gasteiger partial charge on any atom is 0.256 e. The fourth-order valence-corrected chi connectivity index (χ4v) is 3.25. The SMILES string of the molecule is O=C(Nc1cccc(OCCCc2ccccc2)c1)c1ccccc1I. The van der Waals surface area contributed by atoms with Crippen molar-refractivity contribution in [2.24, 2.45) is 0 Å². The number of halogens is 1. The summed E-state index contributed by atoms with van der Waals surface area (Å²) < 4.78 is 6.75. The summed E-state index contributed by atoms with van der Waals surface area (Å²) in [4.78, 5) is 12.4. The van der Waals surface area contributed by atoms with Gasteiger partial charge in [-0.3, -0.25) is 4.79 Å². The normalized spacial score (nSPS) is 10.3. The highest BCUT2D eigenvalue weighted by atomic mass is 127. The number of aryl methyl sites for hydroxylation is 1. The molecular weight excluding hydrogens is 437 g/mol. The van der Waals surface area contributed by atoms with Gasteiger partial charge < -0.3 is 10.1 Å². The highest BCUT2D eigenvalue weighted by Gasteiger charge is 2.09. The number of anilines is 1. The lowest BCUT2D eigenvalue weighted by Gasteiger charge is -2.10. The molecule has 0 spiro atoms. The molecule has 0 bridgehead atoms. The number of amides is 1. The molecule has 0 saturated heterocycles. The Bertz CT molecular complexity index is 865. The maximum atomic E-state index is 12.4. The minimum Gasteiger partial charge on any atom is -0.494 e. The first-order chi connectivity index (χ1) is 12.7. The molecule has 4 heteroatoms. The first-order valence-electron chi connectivity index (χ1n) is 8.55. The molecule has 0 fully saturated rings. The number of ether oxygens (including phenoxy) is 1. The van der Waals surface area contributed by atoms with Gasteiger partial charge in [0.15, 0.2) is 0 Å². The lowest BCUT2D eigenvalue weighted by molar-refractivity contribution is 0.102. The van der Waals surface area contributed by atoms with Crippen molar-refractivity contribution in [3.63, 3.8) is 0 Å². The number of hydrogen-bond acceptors (Lipinski definition) is 2. The number of carbonyl (C=O) groups is 1. The van der Waals surface area contributed by atoms with Gasteiger partial charge in [-0.25, -0.2) is 0 Å². The van der Waals surface area contributed by atoms with Crippen LogP contribution in [-0.4, -0.2) is 12.5 Å². The number of carbonyl (C=O) groups excluding carboxylic acids is 1. The van der Waals surface area contributed by atoms with Crippen molar-refractivity contribution in [2.75, 3.05) is 11.9 Å². The lowest BCUT2D eigenvalue weighted by Crippen LogP contribution is -2.13. The average Bonchev–Trinajstić information content (AvgIpc) is 2.67. The summed E-state index contributed by atoms with van der Waals surface area (Å²) in [5.41, 5.74) is 2.71. The summed E-state index contributed by atoms with van der Waals surface area (Å²) in [6, 6.07) is 25.4. The molecule has 1 amide bonds. The zero-order valence-electron chi connectivity index (χ0n) is 14.3. The summed E-state index contributed by atoms with van der Waals surface area (Å²) >= 11 is 2.17. The van der Waals surface area contributed by atoms with Gasteiger partial charge in [0, 0.05) is 15.3 Å². The van der Waals surface area contributed by atoms with Crippen LogP contribution in [0.4, 0.5) is 5.69 Å². The first-order valence-corrected chi connectivity index (χ1v) is 9.63. The highest BCUT2D eigenvalue weighted by Crippen LogP contribution is 2.20. The summed E-state index contributed by atoms with van der Waals surface area (Å²) in [5.74, 6) is 0.648. The Balaban J connectivity index is 1.53. The van der Waals surface area contributed by atoms with E-state index in [1.807, 2.05) is 54.6 Å². The van der Waals surface area contributed by atoms with Crippen molar-refractivity contribution < 1.29 is 9.53 Å². The molecular formula is C22H20INO2. The second kappa shape index (κ2) is 9.38. The van der Waals surface area contributed by atoms with Crippen LogP contribution in [0.1, 0.15) is 22.3 Å². The molecule has 0 aromatic heterocycles. The van der Waals surface area contributed by atoms with Crippen LogP contribution in [-0.2, 0) is 6.42 Å². The van der Waals surface area contributed by atoms with E-state index in [2.05, 4.69) is 52.2 Å². The van der Waals surface area contributed by atoms with Crippen molar-refractivity contribution in [3.8, 4) is 5.75 Å². The Morgan fingerprint density at radius 2 is 1.69 bits per heavy atom. The molecule has 0 aliphatic heterocycles. The second-order valence-corrected chi connectivity index (χ2v) is 7.06. The van der Waals surface area contributed by atoms with E-state index < -0.39 is 0 Å². The molecule has 0 saturated carbocycles. The number of hydrogen-bond donors (Lipinski definition) is 1. The van der Waals surface area contributed by atoms with E-state index in [9.17, 15) is 4.79 Å². The minimum absolute atomic E-state index is 0.115. The molecule has 3 aromatic carbocycles. The van der Waals surface area contributed by atoms with E-state index in [-0.39, 0.29) is 5.91 Å². The zero-order valence-corrected chi connectivity index (χ0v) is 16.5. The van der Waals surface area contributed by atoms with Gasteiger partial charge in [-0.2, -0.15) is 0 Å². The van der Waals surface area contributed by atoms with Crippen molar-refractivity contribution >= 4 is 34.2 Å². The van der Waals surface area contributed by atoms with E-state index in [1.165, 1.54) is 5.56 Å². The van der Waals surface area contributed by atoms with E-state index >= 15 is 0 Å². The zero-order chi connectivity index (χ0) is 18.2. The Morgan fingerprint density at radius 3 is 2.50 bits per heavy atom. The number of rotatable bonds is 7. The number of nitrogens with one attached hydrogen (secondary N) is 1. The standard InChI is InChI=1S/C22H20INO2/c23-21-14-5-4-13-20(21)22(25)24-18-11-6-12-19(16-18)26-15-7-10-17-8-2-1-3-9-17/h1-6,8-9,11-14,16H,7,10,15H2,(H,24,25). The molecule has 3 rings (SSSR count). The Hall–Kier alpha value is -2.34. The third kappa shape index (κ3) is 5.33. The van der Waals surface area contributed by atoms with Gasteiger partial charge in [0.1, 0.15) is 5.75 Å². The number of benzene rings is 3. The third-order valence-corrected chi connectivity index (χ3v) is 4.87. The Kier molecular flexibility index (Phi) is 6.66. The molecule has 3 nitrogen and oxygen atoms in total. The third-order valence-electron chi connectivity index (χ3n) is 3.93. The maximum absolute atomic E-state index is 12.4. The molecule has 26 heavy (non-hydrogen) atoms. The van der Waals surface area contributed by atoms with Crippen LogP contribution in [0.2, 0.25) is 0 Å². The van der Waals surface area contributed by atoms with E-state index in [1.54, 1.807) is 0 Å². The van der Waals surface area contributed by atoms with Crippen molar-refractivity contribution in [3.05, 3.63) is 93.6 Å². The van der Waals surface area contributed by atoms with Gasteiger partial charge in [-0.15, -0.1) is 0 Å². The highest BCUT2D eigenvalue weighted by molar-refractivity contribution is 14.1. The molecule has 0 aliphatic carbocycles. The van der Waals surface area contributed by atoms with Gasteiger partial charge in [-0.1, -0.05) is 48.5 Å². The molecule has 0 unspecified atom stereocenters. The van der Waals surface area contributed by atoms with Gasteiger partial charge in [0.25, 0.3) is 5.91 Å². The summed E-state index contributed by atoms with van der Waals surface area (Å²) in [6.07, 6.45) is 1.94. The smallest absolute Gasteiger partial charge is 0.256 e. The fourth-order valence-electron chi connectivity index (χ4n) is 2.62. The summed E-state index contributed by atoms with van der Waals surface area (Å²) in [5, 5.41) is 2.93. The fraction of sp³-hybridized carbons (Fsp3) is 0.136. The van der Waals surface area contributed by atoms with Crippen molar-refractivity contribution in [2.45, 2.75) is 12.8 Å². The molecule has 3 aromatic rings. The van der Waals surface area contributed by atoms with Crippen molar-refractivity contribution in [1.29, 1.82) is 0 Å². The molecule has 132 valence electrons. The predicted octanol–water partition coefficient (Wildman–Crippen LogP) is 5.56. The first kappa shape index (κ1) is 18.5. The molecule has 0 heterocycles. The lowest BCUT2D eigenvalue weighted by atomic mass is 10.1.